The first-order valence-electron chi connectivity index (χ1n) is 9.91. The lowest BCUT2D eigenvalue weighted by Gasteiger charge is -2.46. The summed E-state index contributed by atoms with van der Waals surface area (Å²) in [6, 6.07) is 13.7. The van der Waals surface area contributed by atoms with Crippen molar-refractivity contribution in [2.24, 2.45) is 0 Å². The minimum absolute atomic E-state index is 0.00993. The highest BCUT2D eigenvalue weighted by molar-refractivity contribution is 5.27. The minimum atomic E-state index is -0.199. The highest BCUT2D eigenvalue weighted by atomic mass is 19.1. The first kappa shape index (κ1) is 20.0. The number of hydrogen-bond acceptors (Lipinski definition) is 1. The van der Waals surface area contributed by atoms with Crippen molar-refractivity contribution >= 4 is 0 Å². The molecule has 0 aliphatic carbocycles. The number of rotatable bonds is 7. The fraction of sp³-hybridized carbons (Fsp3) is 0.478. The molecule has 2 N–H and O–H groups in total. The second kappa shape index (κ2) is 8.49. The van der Waals surface area contributed by atoms with Crippen molar-refractivity contribution in [3.05, 3.63) is 71.3 Å². The van der Waals surface area contributed by atoms with E-state index in [1.807, 2.05) is 24.3 Å². The van der Waals surface area contributed by atoms with Crippen LogP contribution in [0, 0.1) is 11.6 Å². The molecule has 3 rings (SSSR count). The molecule has 2 nitrogen and oxygen atoms in total. The number of quaternary nitrogens is 1. The van der Waals surface area contributed by atoms with Crippen molar-refractivity contribution < 1.29 is 18.8 Å². The summed E-state index contributed by atoms with van der Waals surface area (Å²) in [5.74, 6) is -0.392. The Bertz CT molecular complexity index is 731. The Hall–Kier alpha value is -1.78. The van der Waals surface area contributed by atoms with Gasteiger partial charge < -0.3 is 10.1 Å². The second-order valence-electron chi connectivity index (χ2n) is 8.02. The molecule has 0 saturated carbocycles. The van der Waals surface area contributed by atoms with E-state index >= 15 is 0 Å². The molecule has 2 aromatic carbocycles. The second-order valence-corrected chi connectivity index (χ2v) is 8.02. The zero-order valence-electron chi connectivity index (χ0n) is 16.3. The van der Waals surface area contributed by atoms with Crippen LogP contribution in [0.5, 0.6) is 0 Å². The van der Waals surface area contributed by atoms with Crippen LogP contribution < -0.4 is 5.32 Å². The number of ether oxygens (including phenoxy) is 1. The Morgan fingerprint density at radius 2 is 1.63 bits per heavy atom. The smallest absolute Gasteiger partial charge is 0.123 e. The van der Waals surface area contributed by atoms with Gasteiger partial charge in [0.05, 0.1) is 12.1 Å². The van der Waals surface area contributed by atoms with E-state index in [0.29, 0.717) is 0 Å². The summed E-state index contributed by atoms with van der Waals surface area (Å²) in [5, 5.41) is 2.28. The molecule has 0 unspecified atom stereocenters. The molecule has 4 heteroatoms. The Morgan fingerprint density at radius 3 is 2.26 bits per heavy atom. The van der Waals surface area contributed by atoms with Crippen LogP contribution in [0.3, 0.4) is 0 Å². The standard InChI is InChI=1S/C23H29F2NO/c1-3-22(2)17-23(13-15-27-22,19-6-10-21(25)11-7-19)12-14-26-16-18-4-8-20(24)9-5-18/h4-11,26H,3,12-17H2,1-2H3/p+1/t22-,23+/m1/s1. The van der Waals surface area contributed by atoms with E-state index in [1.165, 1.54) is 17.7 Å². The van der Waals surface area contributed by atoms with E-state index in [1.54, 1.807) is 12.1 Å². The molecule has 1 saturated heterocycles. The molecule has 2 atom stereocenters. The number of benzene rings is 2. The first-order chi connectivity index (χ1) is 12.9. The summed E-state index contributed by atoms with van der Waals surface area (Å²) in [6.07, 6.45) is 3.89. The van der Waals surface area contributed by atoms with Gasteiger partial charge in [-0.15, -0.1) is 0 Å². The molecule has 1 aliphatic rings. The minimum Gasteiger partial charge on any atom is -0.375 e. The number of hydrogen-bond donors (Lipinski definition) is 1. The van der Waals surface area contributed by atoms with Crippen LogP contribution in [-0.4, -0.2) is 18.8 Å². The Labute approximate surface area is 160 Å². The van der Waals surface area contributed by atoms with E-state index in [9.17, 15) is 8.78 Å². The summed E-state index contributed by atoms with van der Waals surface area (Å²) in [5.41, 5.74) is 2.21. The fourth-order valence-corrected chi connectivity index (χ4v) is 4.25. The summed E-state index contributed by atoms with van der Waals surface area (Å²) < 4.78 is 32.6. The molecule has 146 valence electrons. The van der Waals surface area contributed by atoms with E-state index in [4.69, 9.17) is 4.74 Å². The zero-order valence-corrected chi connectivity index (χ0v) is 16.3. The predicted octanol–water partition coefficient (Wildman–Crippen LogP) is 4.34. The van der Waals surface area contributed by atoms with Crippen LogP contribution in [0.1, 0.15) is 50.7 Å². The van der Waals surface area contributed by atoms with Gasteiger partial charge in [0.1, 0.15) is 18.2 Å². The lowest BCUT2D eigenvalue weighted by molar-refractivity contribution is -0.672. The van der Waals surface area contributed by atoms with Crippen molar-refractivity contribution in [2.75, 3.05) is 13.2 Å². The van der Waals surface area contributed by atoms with E-state index in [2.05, 4.69) is 19.2 Å². The third kappa shape index (κ3) is 4.94. The molecule has 1 aliphatic heterocycles. The maximum atomic E-state index is 13.5. The van der Waals surface area contributed by atoms with Crippen molar-refractivity contribution in [2.45, 2.75) is 57.1 Å². The lowest BCUT2D eigenvalue weighted by atomic mass is 9.66. The first-order valence-corrected chi connectivity index (χ1v) is 9.91. The predicted molar refractivity (Wildman–Crippen MR) is 103 cm³/mol. The van der Waals surface area contributed by atoms with E-state index in [0.717, 1.165) is 50.9 Å². The summed E-state index contributed by atoms with van der Waals surface area (Å²) in [6.45, 7) is 6.89. The SMILES string of the molecule is CC[C@]1(C)C[C@@](CC[NH2+]Cc2ccc(F)cc2)(c2ccc(F)cc2)CCO1. The zero-order chi connectivity index (χ0) is 19.3. The molecule has 0 spiro atoms. The molecule has 27 heavy (non-hydrogen) atoms. The van der Waals surface area contributed by atoms with Gasteiger partial charge in [-0.3, -0.25) is 0 Å². The van der Waals surface area contributed by atoms with Gasteiger partial charge in [0.15, 0.2) is 0 Å². The van der Waals surface area contributed by atoms with Gasteiger partial charge in [-0.25, -0.2) is 8.78 Å². The quantitative estimate of drug-likeness (QED) is 0.717. The molecular formula is C23H30F2NO+. The highest BCUT2D eigenvalue weighted by Crippen LogP contribution is 2.44. The number of halogens is 2. The molecule has 2 aromatic rings. The monoisotopic (exact) mass is 374 g/mol. The van der Waals surface area contributed by atoms with E-state index in [-0.39, 0.29) is 22.7 Å². The average molecular weight is 374 g/mol. The summed E-state index contributed by atoms with van der Waals surface area (Å²) in [7, 11) is 0. The van der Waals surface area contributed by atoms with Crippen LogP contribution in [0.15, 0.2) is 48.5 Å². The van der Waals surface area contributed by atoms with E-state index < -0.39 is 0 Å². The van der Waals surface area contributed by atoms with Crippen molar-refractivity contribution in [3.63, 3.8) is 0 Å². The van der Waals surface area contributed by atoms with Crippen LogP contribution >= 0.6 is 0 Å². The highest BCUT2D eigenvalue weighted by Gasteiger charge is 2.43. The maximum Gasteiger partial charge on any atom is 0.123 e. The van der Waals surface area contributed by atoms with Crippen molar-refractivity contribution in [3.8, 4) is 0 Å². The molecule has 0 amide bonds. The summed E-state index contributed by atoms with van der Waals surface area (Å²) >= 11 is 0. The van der Waals surface area contributed by atoms with Crippen LogP contribution in [0.25, 0.3) is 0 Å². The molecular weight excluding hydrogens is 344 g/mol. The van der Waals surface area contributed by atoms with Crippen molar-refractivity contribution in [1.29, 1.82) is 0 Å². The van der Waals surface area contributed by atoms with Gasteiger partial charge in [-0.05, 0) is 56.0 Å². The van der Waals surface area contributed by atoms with Crippen molar-refractivity contribution in [1.82, 2.24) is 0 Å². The molecule has 0 radical (unpaired) electrons. The summed E-state index contributed by atoms with van der Waals surface area (Å²) in [4.78, 5) is 0. The molecule has 1 fully saturated rings. The van der Waals surface area contributed by atoms with Gasteiger partial charge >= 0.3 is 0 Å². The Kier molecular flexibility index (Phi) is 6.28. The lowest BCUT2D eigenvalue weighted by Crippen LogP contribution is -2.83. The van der Waals surface area contributed by atoms with Gasteiger partial charge in [-0.2, -0.15) is 0 Å². The van der Waals surface area contributed by atoms with Gasteiger partial charge in [0.2, 0.25) is 0 Å². The normalized spacial score (nSPS) is 25.5. The van der Waals surface area contributed by atoms with Gasteiger partial charge in [-0.1, -0.05) is 31.2 Å². The van der Waals surface area contributed by atoms with Gasteiger partial charge in [0, 0.05) is 24.0 Å². The number of nitrogens with two attached hydrogens (primary N) is 1. The largest absolute Gasteiger partial charge is 0.375 e. The average Bonchev–Trinajstić information content (AvgIpc) is 2.67. The topological polar surface area (TPSA) is 25.8 Å². The fourth-order valence-electron chi connectivity index (χ4n) is 4.25. The van der Waals surface area contributed by atoms with Gasteiger partial charge in [0.25, 0.3) is 0 Å². The Morgan fingerprint density at radius 1 is 1.00 bits per heavy atom. The van der Waals surface area contributed by atoms with Crippen LogP contribution in [0.2, 0.25) is 0 Å². The molecule has 0 aromatic heterocycles. The molecule has 0 bridgehead atoms. The molecule has 1 heterocycles. The Balaban J connectivity index is 1.70. The maximum absolute atomic E-state index is 13.5. The van der Waals surface area contributed by atoms with Crippen LogP contribution in [0.4, 0.5) is 8.78 Å². The third-order valence-corrected chi connectivity index (χ3v) is 6.07. The van der Waals surface area contributed by atoms with Crippen LogP contribution in [-0.2, 0) is 16.7 Å². The third-order valence-electron chi connectivity index (χ3n) is 6.07.